The van der Waals surface area contributed by atoms with Crippen molar-refractivity contribution in [3.05, 3.63) is 11.2 Å². The molecule has 20 heavy (non-hydrogen) atoms. The molecule has 0 radical (unpaired) electrons. The Kier molecular flexibility index (Phi) is 4.37. The molecule has 1 aliphatic rings. The first kappa shape index (κ1) is 14.9. The molecule has 1 heterocycles. The summed E-state index contributed by atoms with van der Waals surface area (Å²) < 4.78 is 30.9. The molecule has 0 spiro atoms. The molecule has 1 aromatic rings. The summed E-state index contributed by atoms with van der Waals surface area (Å²) in [5.74, 6) is -0.777. The second-order valence-electron chi connectivity index (χ2n) is 4.24. The van der Waals surface area contributed by atoms with E-state index in [2.05, 4.69) is 9.72 Å². The number of hydrogen-bond acceptors (Lipinski definition) is 7. The number of carbonyl (C=O) groups is 1. The molecule has 0 bridgehead atoms. The predicted molar refractivity (Wildman–Crippen MR) is 70.6 cm³/mol. The van der Waals surface area contributed by atoms with Crippen LogP contribution in [0.15, 0.2) is 9.72 Å². The Hall–Kier alpha value is -1.50. The summed E-state index contributed by atoms with van der Waals surface area (Å²) in [6.07, 6.45) is 1.66. The van der Waals surface area contributed by atoms with E-state index in [0.717, 1.165) is 24.2 Å². The summed E-state index contributed by atoms with van der Waals surface area (Å²) in [6, 6.07) is 1.85. The molecule has 0 N–H and O–H groups in total. The predicted octanol–water partition coefficient (Wildman–Crippen LogP) is 0.996. The van der Waals surface area contributed by atoms with Gasteiger partial charge in [0.2, 0.25) is 0 Å². The highest BCUT2D eigenvalue weighted by Crippen LogP contribution is 2.34. The number of aromatic nitrogens is 1. The van der Waals surface area contributed by atoms with Gasteiger partial charge < -0.3 is 4.74 Å². The van der Waals surface area contributed by atoms with Crippen LogP contribution in [0.2, 0.25) is 0 Å². The number of sulfonamides is 1. The molecule has 0 unspecified atom stereocenters. The van der Waals surface area contributed by atoms with E-state index >= 15 is 0 Å². The van der Waals surface area contributed by atoms with Crippen LogP contribution in [-0.4, -0.2) is 43.4 Å². The first-order valence-electron chi connectivity index (χ1n) is 5.93. The Morgan fingerprint density at radius 3 is 2.90 bits per heavy atom. The van der Waals surface area contributed by atoms with Crippen LogP contribution in [0, 0.1) is 11.3 Å². The third-order valence-corrected chi connectivity index (χ3v) is 6.15. The van der Waals surface area contributed by atoms with Crippen LogP contribution in [0.3, 0.4) is 0 Å². The molecule has 0 aromatic carbocycles. The van der Waals surface area contributed by atoms with Gasteiger partial charge in [-0.15, -0.1) is 11.3 Å². The smallest absolute Gasteiger partial charge is 0.358 e. The third-order valence-electron chi connectivity index (χ3n) is 2.85. The lowest BCUT2D eigenvalue weighted by molar-refractivity contribution is 0.0590. The van der Waals surface area contributed by atoms with Gasteiger partial charge in [0, 0.05) is 19.0 Å². The first-order valence-corrected chi connectivity index (χ1v) is 8.25. The molecular weight excluding hydrogens is 302 g/mol. The van der Waals surface area contributed by atoms with E-state index < -0.39 is 16.0 Å². The number of nitriles is 1. The van der Waals surface area contributed by atoms with Gasteiger partial charge in [-0.3, -0.25) is 0 Å². The number of ether oxygens (including phenoxy) is 1. The summed E-state index contributed by atoms with van der Waals surface area (Å²) in [4.78, 5) is 15.3. The molecular formula is C11H13N3O4S2. The lowest BCUT2D eigenvalue weighted by Crippen LogP contribution is -2.34. The molecule has 1 fully saturated rings. The standard InChI is InChI=1S/C11H13N3O4S2/c1-18-10(15)9-11(19-7-13-9)20(16,17)14(6-2-5-12)8-3-4-8/h7-8H,2-4,6H2,1H3. The van der Waals surface area contributed by atoms with Crippen molar-refractivity contribution in [2.75, 3.05) is 13.7 Å². The SMILES string of the molecule is COC(=O)c1ncsc1S(=O)(=O)N(CCC#N)C1CC1. The molecule has 1 aliphatic carbocycles. The van der Waals surface area contributed by atoms with E-state index in [-0.39, 0.29) is 28.9 Å². The van der Waals surface area contributed by atoms with Gasteiger partial charge in [-0.25, -0.2) is 18.2 Å². The van der Waals surface area contributed by atoms with Gasteiger partial charge in [-0.05, 0) is 12.8 Å². The van der Waals surface area contributed by atoms with Gasteiger partial charge in [-0.1, -0.05) is 0 Å². The Morgan fingerprint density at radius 2 is 2.35 bits per heavy atom. The minimum absolute atomic E-state index is 0.0825. The minimum atomic E-state index is -3.82. The summed E-state index contributed by atoms with van der Waals surface area (Å²) in [5, 5.41) is 8.64. The van der Waals surface area contributed by atoms with E-state index in [1.54, 1.807) is 0 Å². The second-order valence-corrected chi connectivity index (χ2v) is 7.18. The van der Waals surface area contributed by atoms with Gasteiger partial charge in [-0.2, -0.15) is 9.57 Å². The average molecular weight is 315 g/mol. The van der Waals surface area contributed by atoms with Crippen LogP contribution in [-0.2, 0) is 14.8 Å². The number of carbonyl (C=O) groups excluding carboxylic acids is 1. The monoisotopic (exact) mass is 315 g/mol. The number of nitrogens with zero attached hydrogens (tertiary/aromatic N) is 3. The van der Waals surface area contributed by atoms with Gasteiger partial charge >= 0.3 is 5.97 Å². The van der Waals surface area contributed by atoms with E-state index in [1.807, 2.05) is 6.07 Å². The zero-order valence-corrected chi connectivity index (χ0v) is 12.4. The Balaban J connectivity index is 2.36. The van der Waals surface area contributed by atoms with Gasteiger partial charge in [0.1, 0.15) is 0 Å². The zero-order chi connectivity index (χ0) is 14.8. The molecule has 7 nitrogen and oxygen atoms in total. The van der Waals surface area contributed by atoms with Crippen molar-refractivity contribution in [2.24, 2.45) is 0 Å². The first-order chi connectivity index (χ1) is 9.52. The quantitative estimate of drug-likeness (QED) is 0.726. The second kappa shape index (κ2) is 5.87. The maximum absolute atomic E-state index is 12.6. The number of esters is 1. The van der Waals surface area contributed by atoms with Crippen LogP contribution < -0.4 is 0 Å². The fourth-order valence-corrected chi connectivity index (χ4v) is 4.71. The molecule has 0 saturated heterocycles. The van der Waals surface area contributed by atoms with Gasteiger partial charge in [0.05, 0.1) is 18.7 Å². The van der Waals surface area contributed by atoms with E-state index in [0.29, 0.717) is 0 Å². The number of thiazole rings is 1. The van der Waals surface area contributed by atoms with Crippen molar-refractivity contribution in [1.82, 2.24) is 9.29 Å². The summed E-state index contributed by atoms with van der Waals surface area (Å²) in [5.41, 5.74) is 1.11. The van der Waals surface area contributed by atoms with Crippen LogP contribution in [0.1, 0.15) is 29.8 Å². The van der Waals surface area contributed by atoms with Crippen molar-refractivity contribution >= 4 is 27.3 Å². The maximum Gasteiger partial charge on any atom is 0.358 e. The summed E-state index contributed by atoms with van der Waals surface area (Å²) in [6.45, 7) is 0.127. The van der Waals surface area contributed by atoms with E-state index in [9.17, 15) is 13.2 Å². The number of hydrogen-bond donors (Lipinski definition) is 0. The highest BCUT2D eigenvalue weighted by Gasteiger charge is 2.40. The highest BCUT2D eigenvalue weighted by molar-refractivity contribution is 7.91. The van der Waals surface area contributed by atoms with Crippen LogP contribution in [0.4, 0.5) is 0 Å². The number of methoxy groups -OCH3 is 1. The largest absolute Gasteiger partial charge is 0.464 e. The summed E-state index contributed by atoms with van der Waals surface area (Å²) >= 11 is 0.883. The summed E-state index contributed by atoms with van der Waals surface area (Å²) in [7, 11) is -2.64. The van der Waals surface area contributed by atoms with E-state index in [1.165, 1.54) is 16.9 Å². The molecule has 108 valence electrons. The van der Waals surface area contributed by atoms with Crippen molar-refractivity contribution in [2.45, 2.75) is 29.5 Å². The minimum Gasteiger partial charge on any atom is -0.464 e. The van der Waals surface area contributed by atoms with Gasteiger partial charge in [0.15, 0.2) is 9.90 Å². The fraction of sp³-hybridized carbons (Fsp3) is 0.545. The molecule has 2 rings (SSSR count). The van der Waals surface area contributed by atoms with Crippen LogP contribution in [0.5, 0.6) is 0 Å². The third kappa shape index (κ3) is 2.82. The fourth-order valence-electron chi connectivity index (χ4n) is 1.78. The highest BCUT2D eigenvalue weighted by atomic mass is 32.2. The van der Waals surface area contributed by atoms with Crippen molar-refractivity contribution in [3.63, 3.8) is 0 Å². The average Bonchev–Trinajstić information content (AvgIpc) is 3.12. The Morgan fingerprint density at radius 1 is 1.65 bits per heavy atom. The Labute approximate surface area is 120 Å². The normalized spacial score (nSPS) is 15.1. The van der Waals surface area contributed by atoms with Gasteiger partial charge in [0.25, 0.3) is 10.0 Å². The topological polar surface area (TPSA) is 100 Å². The zero-order valence-electron chi connectivity index (χ0n) is 10.8. The molecule has 1 aromatic heterocycles. The maximum atomic E-state index is 12.6. The molecule has 0 atom stereocenters. The molecule has 0 aliphatic heterocycles. The Bertz CT molecular complexity index is 643. The molecule has 0 amide bonds. The van der Waals surface area contributed by atoms with Crippen LogP contribution >= 0.6 is 11.3 Å². The van der Waals surface area contributed by atoms with E-state index in [4.69, 9.17) is 5.26 Å². The molecule has 9 heteroatoms. The van der Waals surface area contributed by atoms with Crippen molar-refractivity contribution in [1.29, 1.82) is 5.26 Å². The lowest BCUT2D eigenvalue weighted by atomic mass is 10.4. The van der Waals surface area contributed by atoms with Crippen LogP contribution in [0.25, 0.3) is 0 Å². The van der Waals surface area contributed by atoms with Crippen molar-refractivity contribution < 1.29 is 17.9 Å². The van der Waals surface area contributed by atoms with Crippen molar-refractivity contribution in [3.8, 4) is 6.07 Å². The lowest BCUT2D eigenvalue weighted by Gasteiger charge is -2.19. The number of rotatable bonds is 6. The molecule has 1 saturated carbocycles.